The minimum Gasteiger partial charge on any atom is -0.336 e. The van der Waals surface area contributed by atoms with E-state index in [9.17, 15) is 14.4 Å². The molecule has 1 aromatic carbocycles. The Hall–Kier alpha value is -3.02. The first-order valence-corrected chi connectivity index (χ1v) is 9.69. The van der Waals surface area contributed by atoms with Crippen molar-refractivity contribution in [3.63, 3.8) is 0 Å². The van der Waals surface area contributed by atoms with Gasteiger partial charge in [-0.15, -0.1) is 0 Å². The molecule has 1 N–H and O–H groups in total. The number of ketones is 1. The summed E-state index contributed by atoms with van der Waals surface area (Å²) in [6.07, 6.45) is 5.61. The Morgan fingerprint density at radius 1 is 1.11 bits per heavy atom. The maximum absolute atomic E-state index is 12.9. The molecule has 6 heteroatoms. The number of nitrogens with zero attached hydrogens (tertiary/aromatic N) is 2. The van der Waals surface area contributed by atoms with Crippen LogP contribution in [0.5, 0.6) is 0 Å². The molecule has 0 saturated carbocycles. The highest BCUT2D eigenvalue weighted by molar-refractivity contribution is 6.05. The summed E-state index contributed by atoms with van der Waals surface area (Å²) in [6.45, 7) is 4.34. The fourth-order valence-electron chi connectivity index (χ4n) is 3.53. The van der Waals surface area contributed by atoms with E-state index in [1.807, 2.05) is 4.90 Å². The van der Waals surface area contributed by atoms with Crippen molar-refractivity contribution in [2.24, 2.45) is 0 Å². The van der Waals surface area contributed by atoms with Crippen LogP contribution < -0.4 is 5.32 Å². The SMILES string of the molecule is CCC1CCCCN1C(=O)c1ccnc(C(=O)Nc2ccc(C(C)=O)cc2)c1. The lowest BCUT2D eigenvalue weighted by atomic mass is 9.99. The molecule has 28 heavy (non-hydrogen) atoms. The Kier molecular flexibility index (Phi) is 6.19. The summed E-state index contributed by atoms with van der Waals surface area (Å²) in [5, 5.41) is 2.75. The number of anilines is 1. The number of hydrogen-bond acceptors (Lipinski definition) is 4. The summed E-state index contributed by atoms with van der Waals surface area (Å²) in [7, 11) is 0. The molecule has 1 unspecified atom stereocenters. The van der Waals surface area contributed by atoms with Crippen molar-refractivity contribution in [1.82, 2.24) is 9.88 Å². The monoisotopic (exact) mass is 379 g/mol. The standard InChI is InChI=1S/C22H25N3O3/c1-3-19-6-4-5-13-25(19)22(28)17-11-12-23-20(14-17)21(27)24-18-9-7-16(8-10-18)15(2)26/h7-12,14,19H,3-6,13H2,1-2H3,(H,24,27). The van der Waals surface area contributed by atoms with Crippen molar-refractivity contribution in [2.75, 3.05) is 11.9 Å². The van der Waals surface area contributed by atoms with Gasteiger partial charge in [-0.3, -0.25) is 19.4 Å². The number of piperidine rings is 1. The number of rotatable bonds is 5. The fourth-order valence-corrected chi connectivity index (χ4v) is 3.53. The Bertz CT molecular complexity index is 877. The number of hydrogen-bond donors (Lipinski definition) is 1. The van der Waals surface area contributed by atoms with Crippen molar-refractivity contribution in [1.29, 1.82) is 0 Å². The number of pyridine rings is 1. The molecule has 2 aromatic rings. The molecule has 0 aliphatic carbocycles. The van der Waals surface area contributed by atoms with Gasteiger partial charge in [0.15, 0.2) is 5.78 Å². The van der Waals surface area contributed by atoms with Crippen LogP contribution in [-0.2, 0) is 0 Å². The summed E-state index contributed by atoms with van der Waals surface area (Å²) in [6, 6.07) is 10.1. The van der Waals surface area contributed by atoms with Gasteiger partial charge in [0.1, 0.15) is 5.69 Å². The lowest BCUT2D eigenvalue weighted by molar-refractivity contribution is 0.0607. The van der Waals surface area contributed by atoms with Gasteiger partial charge in [0, 0.05) is 35.6 Å². The fraction of sp³-hybridized carbons (Fsp3) is 0.364. The molecule has 6 nitrogen and oxygen atoms in total. The number of nitrogens with one attached hydrogen (secondary N) is 1. The van der Waals surface area contributed by atoms with Crippen molar-refractivity contribution >= 4 is 23.3 Å². The Balaban J connectivity index is 1.74. The molecule has 0 bridgehead atoms. The topological polar surface area (TPSA) is 79.4 Å². The van der Waals surface area contributed by atoms with E-state index >= 15 is 0 Å². The highest BCUT2D eigenvalue weighted by Crippen LogP contribution is 2.22. The molecule has 2 heterocycles. The summed E-state index contributed by atoms with van der Waals surface area (Å²) in [4.78, 5) is 42.8. The normalized spacial score (nSPS) is 16.5. The number of carbonyl (C=O) groups is 3. The molecule has 0 spiro atoms. The van der Waals surface area contributed by atoms with Crippen LogP contribution in [0.2, 0.25) is 0 Å². The van der Waals surface area contributed by atoms with Crippen LogP contribution in [0, 0.1) is 0 Å². The second kappa shape index (κ2) is 8.78. The van der Waals surface area contributed by atoms with Gasteiger partial charge >= 0.3 is 0 Å². The number of aromatic nitrogens is 1. The first kappa shape index (κ1) is 19.7. The first-order valence-electron chi connectivity index (χ1n) is 9.69. The third kappa shape index (κ3) is 4.44. The third-order valence-electron chi connectivity index (χ3n) is 5.15. The van der Waals surface area contributed by atoms with Crippen LogP contribution in [0.1, 0.15) is 70.7 Å². The van der Waals surface area contributed by atoms with Crippen LogP contribution in [-0.4, -0.2) is 40.1 Å². The van der Waals surface area contributed by atoms with Crippen LogP contribution >= 0.6 is 0 Å². The van der Waals surface area contributed by atoms with Gasteiger partial charge in [0.2, 0.25) is 0 Å². The van der Waals surface area contributed by atoms with Gasteiger partial charge in [0.05, 0.1) is 0 Å². The van der Waals surface area contributed by atoms with E-state index in [2.05, 4.69) is 17.2 Å². The molecule has 3 rings (SSSR count). The van der Waals surface area contributed by atoms with Gasteiger partial charge < -0.3 is 10.2 Å². The molecule has 1 fully saturated rings. The minimum absolute atomic E-state index is 0.0335. The van der Waals surface area contributed by atoms with Crippen molar-refractivity contribution in [3.05, 3.63) is 59.4 Å². The van der Waals surface area contributed by atoms with Crippen LogP contribution in [0.25, 0.3) is 0 Å². The summed E-state index contributed by atoms with van der Waals surface area (Å²) >= 11 is 0. The van der Waals surface area contributed by atoms with E-state index in [1.165, 1.54) is 13.1 Å². The molecule has 146 valence electrons. The number of Topliss-reactive ketones (excluding diaryl/α,β-unsaturated/α-hetero) is 1. The molecule has 1 aliphatic heterocycles. The summed E-state index contributed by atoms with van der Waals surface area (Å²) < 4.78 is 0. The molecular formula is C22H25N3O3. The van der Waals surface area contributed by atoms with E-state index < -0.39 is 5.91 Å². The Labute approximate surface area is 165 Å². The molecule has 0 radical (unpaired) electrons. The Morgan fingerprint density at radius 3 is 2.54 bits per heavy atom. The lowest BCUT2D eigenvalue weighted by Gasteiger charge is -2.35. The molecule has 1 saturated heterocycles. The van der Waals surface area contributed by atoms with E-state index in [-0.39, 0.29) is 23.4 Å². The molecular weight excluding hydrogens is 354 g/mol. The highest BCUT2D eigenvalue weighted by atomic mass is 16.2. The zero-order valence-electron chi connectivity index (χ0n) is 16.3. The lowest BCUT2D eigenvalue weighted by Crippen LogP contribution is -2.43. The third-order valence-corrected chi connectivity index (χ3v) is 5.15. The molecule has 1 atom stereocenters. The average molecular weight is 379 g/mol. The predicted molar refractivity (Wildman–Crippen MR) is 108 cm³/mol. The number of amides is 2. The van der Waals surface area contributed by atoms with E-state index in [0.29, 0.717) is 16.8 Å². The number of benzene rings is 1. The van der Waals surface area contributed by atoms with E-state index in [0.717, 1.165) is 32.2 Å². The minimum atomic E-state index is -0.393. The quantitative estimate of drug-likeness (QED) is 0.798. The maximum atomic E-state index is 12.9. The van der Waals surface area contributed by atoms with E-state index in [1.54, 1.807) is 36.4 Å². The highest BCUT2D eigenvalue weighted by Gasteiger charge is 2.26. The van der Waals surface area contributed by atoms with Gasteiger partial charge in [0.25, 0.3) is 11.8 Å². The second-order valence-electron chi connectivity index (χ2n) is 7.07. The summed E-state index contributed by atoms with van der Waals surface area (Å²) in [5.74, 6) is -0.474. The van der Waals surface area contributed by atoms with E-state index in [4.69, 9.17) is 0 Å². The average Bonchev–Trinajstić information content (AvgIpc) is 2.73. The number of carbonyl (C=O) groups excluding carboxylic acids is 3. The van der Waals surface area contributed by atoms with Gasteiger partial charge in [-0.1, -0.05) is 6.92 Å². The predicted octanol–water partition coefficient (Wildman–Crippen LogP) is 3.94. The van der Waals surface area contributed by atoms with Crippen molar-refractivity contribution < 1.29 is 14.4 Å². The van der Waals surface area contributed by atoms with Crippen molar-refractivity contribution in [2.45, 2.75) is 45.6 Å². The second-order valence-corrected chi connectivity index (χ2v) is 7.07. The number of likely N-dealkylation sites (tertiary alicyclic amines) is 1. The van der Waals surface area contributed by atoms with Crippen LogP contribution in [0.4, 0.5) is 5.69 Å². The van der Waals surface area contributed by atoms with Gasteiger partial charge in [-0.05, 0) is 69.0 Å². The van der Waals surface area contributed by atoms with Crippen molar-refractivity contribution in [3.8, 4) is 0 Å². The molecule has 1 aliphatic rings. The first-order chi connectivity index (χ1) is 13.5. The zero-order chi connectivity index (χ0) is 20.1. The maximum Gasteiger partial charge on any atom is 0.274 e. The van der Waals surface area contributed by atoms with Crippen LogP contribution in [0.15, 0.2) is 42.6 Å². The zero-order valence-corrected chi connectivity index (χ0v) is 16.3. The van der Waals surface area contributed by atoms with Crippen LogP contribution in [0.3, 0.4) is 0 Å². The Morgan fingerprint density at radius 2 is 1.86 bits per heavy atom. The largest absolute Gasteiger partial charge is 0.336 e. The molecule has 1 aromatic heterocycles. The van der Waals surface area contributed by atoms with Gasteiger partial charge in [-0.25, -0.2) is 0 Å². The smallest absolute Gasteiger partial charge is 0.274 e. The van der Waals surface area contributed by atoms with Gasteiger partial charge in [-0.2, -0.15) is 0 Å². The summed E-state index contributed by atoms with van der Waals surface area (Å²) in [5.41, 5.74) is 1.81. The molecule has 2 amide bonds.